The molecular formula is C20H32F2O5. The Labute approximate surface area is 159 Å². The van der Waals surface area contributed by atoms with Gasteiger partial charge in [-0.3, -0.25) is 14.4 Å². The molecule has 2 N–H and O–H groups in total. The third kappa shape index (κ3) is 8.91. The molecule has 0 aliphatic heterocycles. The third-order valence-corrected chi connectivity index (χ3v) is 5.41. The maximum absolute atomic E-state index is 13.7. The normalized spacial score (nSPS) is 23.0. The molecule has 0 aromatic carbocycles. The lowest BCUT2D eigenvalue weighted by molar-refractivity contribution is -0.139. The predicted molar refractivity (Wildman–Crippen MR) is 96.7 cm³/mol. The molecule has 1 aliphatic rings. The average molecular weight is 390 g/mol. The molecule has 1 saturated carbocycles. The summed E-state index contributed by atoms with van der Waals surface area (Å²) >= 11 is 0. The molecule has 3 atom stereocenters. The van der Waals surface area contributed by atoms with E-state index >= 15 is 0 Å². The summed E-state index contributed by atoms with van der Waals surface area (Å²) in [6.45, 7) is 2.06. The number of unbranched alkanes of at least 4 members (excludes halogenated alkanes) is 2. The monoisotopic (exact) mass is 390 g/mol. The van der Waals surface area contributed by atoms with Gasteiger partial charge in [0.15, 0.2) is 0 Å². The van der Waals surface area contributed by atoms with Crippen LogP contribution in [0.3, 0.4) is 0 Å². The van der Waals surface area contributed by atoms with E-state index in [-0.39, 0.29) is 36.7 Å². The summed E-state index contributed by atoms with van der Waals surface area (Å²) < 4.78 is 27.4. The lowest BCUT2D eigenvalue weighted by atomic mass is 9.85. The number of carbonyl (C=O) groups excluding carboxylic acids is 2. The lowest BCUT2D eigenvalue weighted by Gasteiger charge is -2.22. The van der Waals surface area contributed by atoms with E-state index in [4.69, 9.17) is 5.11 Å². The Balaban J connectivity index is 2.45. The molecule has 1 rings (SSSR count). The Kier molecular flexibility index (Phi) is 10.1. The Bertz CT molecular complexity index is 507. The number of Topliss-reactive ketones (excluding diaryl/α,β-unsaturated/α-hetero) is 2. The van der Waals surface area contributed by atoms with Gasteiger partial charge in [-0.2, -0.15) is 0 Å². The molecule has 1 fully saturated rings. The van der Waals surface area contributed by atoms with Crippen LogP contribution in [0.4, 0.5) is 8.78 Å². The standard InChI is InChI=1S/C20H32F2O5/c1-2-3-4-6-14(23)8-9-16-15(17(24)13-18(16)25)7-5-11-20(21,22)12-10-19(26)27/h15-16,18,25H,2-13H2,1H3,(H,26,27)/t15-,16?,18-/m1/s1. The fraction of sp³-hybridized carbons (Fsp3) is 0.850. The number of carboxylic acid groups (broad SMARTS) is 1. The summed E-state index contributed by atoms with van der Waals surface area (Å²) in [5.41, 5.74) is 0. The van der Waals surface area contributed by atoms with E-state index in [1.54, 1.807) is 0 Å². The van der Waals surface area contributed by atoms with E-state index in [9.17, 15) is 28.3 Å². The number of rotatable bonds is 14. The minimum absolute atomic E-state index is 0.0226. The first-order valence-electron chi connectivity index (χ1n) is 9.98. The summed E-state index contributed by atoms with van der Waals surface area (Å²) in [7, 11) is 0. The van der Waals surface area contributed by atoms with Crippen LogP contribution in [-0.4, -0.2) is 39.8 Å². The second-order valence-electron chi connectivity index (χ2n) is 7.68. The van der Waals surface area contributed by atoms with Crippen LogP contribution >= 0.6 is 0 Å². The van der Waals surface area contributed by atoms with Crippen LogP contribution in [-0.2, 0) is 14.4 Å². The molecule has 0 spiro atoms. The van der Waals surface area contributed by atoms with Gasteiger partial charge in [-0.05, 0) is 31.6 Å². The number of aliphatic hydroxyl groups is 1. The van der Waals surface area contributed by atoms with E-state index in [1.807, 2.05) is 0 Å². The van der Waals surface area contributed by atoms with Gasteiger partial charge in [-0.15, -0.1) is 0 Å². The number of aliphatic hydroxyl groups excluding tert-OH is 1. The van der Waals surface area contributed by atoms with E-state index < -0.39 is 43.2 Å². The van der Waals surface area contributed by atoms with Crippen LogP contribution in [0, 0.1) is 11.8 Å². The number of aliphatic carboxylic acids is 1. The van der Waals surface area contributed by atoms with Crippen molar-refractivity contribution in [1.29, 1.82) is 0 Å². The molecule has 0 radical (unpaired) electrons. The number of carboxylic acids is 1. The maximum atomic E-state index is 13.7. The van der Waals surface area contributed by atoms with Crippen LogP contribution in [0.1, 0.15) is 84.0 Å². The van der Waals surface area contributed by atoms with Gasteiger partial charge in [0, 0.05) is 38.0 Å². The topological polar surface area (TPSA) is 91.7 Å². The van der Waals surface area contributed by atoms with Gasteiger partial charge in [0.25, 0.3) is 0 Å². The number of alkyl halides is 2. The molecule has 1 aliphatic carbocycles. The van der Waals surface area contributed by atoms with Crippen molar-refractivity contribution in [1.82, 2.24) is 0 Å². The number of carbonyl (C=O) groups is 3. The Hall–Kier alpha value is -1.37. The van der Waals surface area contributed by atoms with Crippen LogP contribution in [0.25, 0.3) is 0 Å². The number of hydrogen-bond donors (Lipinski definition) is 2. The van der Waals surface area contributed by atoms with Crippen molar-refractivity contribution in [2.75, 3.05) is 0 Å². The molecule has 27 heavy (non-hydrogen) atoms. The van der Waals surface area contributed by atoms with E-state index in [0.29, 0.717) is 19.3 Å². The van der Waals surface area contributed by atoms with Crippen LogP contribution in [0.15, 0.2) is 0 Å². The van der Waals surface area contributed by atoms with Crippen LogP contribution in [0.2, 0.25) is 0 Å². The smallest absolute Gasteiger partial charge is 0.303 e. The van der Waals surface area contributed by atoms with Gasteiger partial charge in [0.05, 0.1) is 12.5 Å². The SMILES string of the molecule is CCCCCC(=O)CCC1[C@H](O)CC(=O)[C@@H]1CCCC(F)(F)CCC(=O)O. The first-order chi connectivity index (χ1) is 12.7. The van der Waals surface area contributed by atoms with Crippen molar-refractivity contribution in [2.24, 2.45) is 11.8 Å². The highest BCUT2D eigenvalue weighted by molar-refractivity contribution is 5.84. The van der Waals surface area contributed by atoms with Crippen molar-refractivity contribution in [3.05, 3.63) is 0 Å². The second kappa shape index (κ2) is 11.5. The van der Waals surface area contributed by atoms with Gasteiger partial charge in [0.1, 0.15) is 11.6 Å². The zero-order valence-corrected chi connectivity index (χ0v) is 16.1. The van der Waals surface area contributed by atoms with Crippen molar-refractivity contribution in [3.8, 4) is 0 Å². The van der Waals surface area contributed by atoms with Gasteiger partial charge in [0.2, 0.25) is 5.92 Å². The maximum Gasteiger partial charge on any atom is 0.303 e. The van der Waals surface area contributed by atoms with Crippen molar-refractivity contribution >= 4 is 17.5 Å². The minimum atomic E-state index is -3.07. The predicted octanol–water partition coefficient (Wildman–Crippen LogP) is 4.15. The van der Waals surface area contributed by atoms with Gasteiger partial charge in [-0.25, -0.2) is 8.78 Å². The molecule has 0 aromatic rings. The molecule has 1 unspecified atom stereocenters. The molecular weight excluding hydrogens is 358 g/mol. The summed E-state index contributed by atoms with van der Waals surface area (Å²) in [4.78, 5) is 34.5. The highest BCUT2D eigenvalue weighted by atomic mass is 19.3. The van der Waals surface area contributed by atoms with Gasteiger partial charge >= 0.3 is 5.97 Å². The fourth-order valence-electron chi connectivity index (χ4n) is 3.80. The summed E-state index contributed by atoms with van der Waals surface area (Å²) in [6.07, 6.45) is 1.89. The summed E-state index contributed by atoms with van der Waals surface area (Å²) in [5, 5.41) is 18.6. The highest BCUT2D eigenvalue weighted by Crippen LogP contribution is 2.37. The zero-order chi connectivity index (χ0) is 20.4. The Morgan fingerprint density at radius 3 is 2.41 bits per heavy atom. The van der Waals surface area contributed by atoms with Crippen LogP contribution < -0.4 is 0 Å². The average Bonchev–Trinajstić information content (AvgIpc) is 2.85. The Morgan fingerprint density at radius 2 is 1.78 bits per heavy atom. The van der Waals surface area contributed by atoms with E-state index in [0.717, 1.165) is 19.3 Å². The van der Waals surface area contributed by atoms with Crippen molar-refractivity contribution in [2.45, 2.75) is 96.0 Å². The molecule has 0 aromatic heterocycles. The summed E-state index contributed by atoms with van der Waals surface area (Å²) in [6, 6.07) is 0. The number of hydrogen-bond acceptors (Lipinski definition) is 4. The molecule has 0 heterocycles. The lowest BCUT2D eigenvalue weighted by Crippen LogP contribution is -2.23. The summed E-state index contributed by atoms with van der Waals surface area (Å²) in [5.74, 6) is -5.16. The molecule has 5 nitrogen and oxygen atoms in total. The van der Waals surface area contributed by atoms with Gasteiger partial charge < -0.3 is 10.2 Å². The largest absolute Gasteiger partial charge is 0.481 e. The van der Waals surface area contributed by atoms with Crippen molar-refractivity contribution in [3.63, 3.8) is 0 Å². The molecule has 0 saturated heterocycles. The second-order valence-corrected chi connectivity index (χ2v) is 7.68. The third-order valence-electron chi connectivity index (χ3n) is 5.41. The van der Waals surface area contributed by atoms with Crippen LogP contribution in [0.5, 0.6) is 0 Å². The van der Waals surface area contributed by atoms with Gasteiger partial charge in [-0.1, -0.05) is 19.8 Å². The first kappa shape index (κ1) is 23.7. The molecule has 156 valence electrons. The first-order valence-corrected chi connectivity index (χ1v) is 9.98. The number of ketones is 2. The van der Waals surface area contributed by atoms with E-state index in [1.165, 1.54) is 0 Å². The minimum Gasteiger partial charge on any atom is -0.481 e. The Morgan fingerprint density at radius 1 is 1.07 bits per heavy atom. The van der Waals surface area contributed by atoms with E-state index in [2.05, 4.69) is 6.92 Å². The zero-order valence-electron chi connectivity index (χ0n) is 16.1. The quantitative estimate of drug-likeness (QED) is 0.435. The molecule has 7 heteroatoms. The fourth-order valence-corrected chi connectivity index (χ4v) is 3.80. The number of halogens is 2. The van der Waals surface area contributed by atoms with Crippen molar-refractivity contribution < 1.29 is 33.4 Å². The molecule has 0 amide bonds. The molecule has 0 bridgehead atoms. The highest BCUT2D eigenvalue weighted by Gasteiger charge is 2.41.